The summed E-state index contributed by atoms with van der Waals surface area (Å²) in [6, 6.07) is 5.81. The van der Waals surface area contributed by atoms with Crippen LogP contribution in [-0.4, -0.2) is 38.7 Å². The van der Waals surface area contributed by atoms with Crippen molar-refractivity contribution in [3.8, 4) is 5.75 Å². The number of benzene rings is 1. The molecule has 1 amide bonds. The molecule has 5 heteroatoms. The van der Waals surface area contributed by atoms with E-state index in [1.54, 1.807) is 26.2 Å². The fraction of sp³-hybridized carbons (Fsp3) is 0.462. The van der Waals surface area contributed by atoms with E-state index in [-0.39, 0.29) is 12.5 Å². The van der Waals surface area contributed by atoms with Crippen LogP contribution < -0.4 is 10.2 Å². The molecular formula is C13H20N2O3. The van der Waals surface area contributed by atoms with Crippen LogP contribution in [0.2, 0.25) is 0 Å². The third-order valence-corrected chi connectivity index (χ3v) is 2.31. The highest BCUT2D eigenvalue weighted by molar-refractivity contribution is 5.76. The number of ether oxygens (including phenoxy) is 2. The van der Waals surface area contributed by atoms with Crippen LogP contribution in [0.5, 0.6) is 5.75 Å². The lowest BCUT2D eigenvalue weighted by molar-refractivity contribution is -0.129. The lowest BCUT2D eigenvalue weighted by Crippen LogP contribution is -2.38. The first-order chi connectivity index (χ1) is 8.52. The van der Waals surface area contributed by atoms with Gasteiger partial charge in [-0.15, -0.1) is 0 Å². The highest BCUT2D eigenvalue weighted by Gasteiger charge is 2.03. The van der Waals surface area contributed by atoms with Gasteiger partial charge in [0.25, 0.3) is 5.91 Å². The average molecular weight is 252 g/mol. The summed E-state index contributed by atoms with van der Waals surface area (Å²) in [5, 5.41) is 1.59. The molecule has 0 heterocycles. The summed E-state index contributed by atoms with van der Waals surface area (Å²) in [5.41, 5.74) is 4.68. The Morgan fingerprint density at radius 1 is 1.39 bits per heavy atom. The largest absolute Gasteiger partial charge is 0.496 e. The lowest BCUT2D eigenvalue weighted by Gasteiger charge is -2.12. The second kappa shape index (κ2) is 6.98. The van der Waals surface area contributed by atoms with Crippen LogP contribution in [0.25, 0.3) is 0 Å². The summed E-state index contributed by atoms with van der Waals surface area (Å²) in [4.78, 5) is 11.3. The highest BCUT2D eigenvalue weighted by atomic mass is 16.5. The molecule has 0 bridgehead atoms. The van der Waals surface area contributed by atoms with Gasteiger partial charge in [-0.2, -0.15) is 0 Å². The van der Waals surface area contributed by atoms with E-state index in [1.807, 2.05) is 25.1 Å². The standard InChI is InChI=1S/C13H20N2O3/c1-10-7-11(5-6-12(10)17-4)8-18-9-13(16)14-15(2)3/h5-7H,8-9H2,1-4H3,(H,14,16). The maximum absolute atomic E-state index is 11.3. The Bertz CT molecular complexity index is 405. The van der Waals surface area contributed by atoms with Crippen molar-refractivity contribution in [3.63, 3.8) is 0 Å². The van der Waals surface area contributed by atoms with E-state index in [0.29, 0.717) is 6.61 Å². The Labute approximate surface area is 108 Å². The number of amides is 1. The molecule has 0 saturated carbocycles. The summed E-state index contributed by atoms with van der Waals surface area (Å²) in [6.07, 6.45) is 0. The van der Waals surface area contributed by atoms with Gasteiger partial charge in [-0.05, 0) is 24.1 Å². The Balaban J connectivity index is 2.40. The summed E-state index contributed by atoms with van der Waals surface area (Å²) in [6.45, 7) is 2.43. The monoisotopic (exact) mass is 252 g/mol. The second-order valence-electron chi connectivity index (χ2n) is 4.23. The fourth-order valence-electron chi connectivity index (χ4n) is 1.57. The van der Waals surface area contributed by atoms with Crippen molar-refractivity contribution in [1.82, 2.24) is 10.4 Å². The van der Waals surface area contributed by atoms with Crippen LogP contribution in [0.15, 0.2) is 18.2 Å². The first-order valence-electron chi connectivity index (χ1n) is 5.71. The molecule has 0 aromatic heterocycles. The number of nitrogens with one attached hydrogen (secondary N) is 1. The number of carbonyl (C=O) groups excluding carboxylic acids is 1. The van der Waals surface area contributed by atoms with E-state index in [1.165, 1.54) is 0 Å². The number of aryl methyl sites for hydroxylation is 1. The molecule has 0 aliphatic rings. The molecule has 0 saturated heterocycles. The summed E-state index contributed by atoms with van der Waals surface area (Å²) >= 11 is 0. The number of nitrogens with zero attached hydrogens (tertiary/aromatic N) is 1. The normalized spacial score (nSPS) is 10.5. The summed E-state index contributed by atoms with van der Waals surface area (Å²) in [5.74, 6) is 0.689. The van der Waals surface area contributed by atoms with Gasteiger partial charge in [0.2, 0.25) is 0 Å². The van der Waals surface area contributed by atoms with E-state index in [2.05, 4.69) is 5.43 Å². The molecule has 18 heavy (non-hydrogen) atoms. The number of hydrogen-bond donors (Lipinski definition) is 1. The predicted molar refractivity (Wildman–Crippen MR) is 69.2 cm³/mol. The molecule has 0 spiro atoms. The Morgan fingerprint density at radius 2 is 2.11 bits per heavy atom. The zero-order chi connectivity index (χ0) is 13.5. The first kappa shape index (κ1) is 14.5. The van der Waals surface area contributed by atoms with Gasteiger partial charge < -0.3 is 9.47 Å². The smallest absolute Gasteiger partial charge is 0.260 e. The van der Waals surface area contributed by atoms with Crippen molar-refractivity contribution in [1.29, 1.82) is 0 Å². The molecular weight excluding hydrogens is 232 g/mol. The second-order valence-corrected chi connectivity index (χ2v) is 4.23. The molecule has 0 atom stereocenters. The molecule has 5 nitrogen and oxygen atoms in total. The van der Waals surface area contributed by atoms with Crippen LogP contribution in [0, 0.1) is 6.92 Å². The third-order valence-electron chi connectivity index (χ3n) is 2.31. The van der Waals surface area contributed by atoms with Crippen LogP contribution in [0.3, 0.4) is 0 Å². The highest BCUT2D eigenvalue weighted by Crippen LogP contribution is 2.18. The van der Waals surface area contributed by atoms with Gasteiger partial charge in [-0.1, -0.05) is 12.1 Å². The maximum atomic E-state index is 11.3. The minimum absolute atomic E-state index is 0.0449. The Morgan fingerprint density at radius 3 is 2.67 bits per heavy atom. The number of hydrogen-bond acceptors (Lipinski definition) is 4. The van der Waals surface area contributed by atoms with E-state index >= 15 is 0 Å². The van der Waals surface area contributed by atoms with Gasteiger partial charge in [0, 0.05) is 14.1 Å². The molecule has 0 aliphatic carbocycles. The molecule has 0 unspecified atom stereocenters. The first-order valence-corrected chi connectivity index (χ1v) is 5.71. The van der Waals surface area contributed by atoms with E-state index < -0.39 is 0 Å². The fourth-order valence-corrected chi connectivity index (χ4v) is 1.57. The van der Waals surface area contributed by atoms with Crippen LogP contribution in [-0.2, 0) is 16.1 Å². The van der Waals surface area contributed by atoms with Gasteiger partial charge in [0.05, 0.1) is 13.7 Å². The predicted octanol–water partition coefficient (Wildman–Crippen LogP) is 1.11. The van der Waals surface area contributed by atoms with Gasteiger partial charge in [-0.25, -0.2) is 5.01 Å². The maximum Gasteiger partial charge on any atom is 0.260 e. The van der Waals surface area contributed by atoms with Crippen molar-refractivity contribution in [2.45, 2.75) is 13.5 Å². The Hall–Kier alpha value is -1.59. The summed E-state index contributed by atoms with van der Waals surface area (Å²) < 4.78 is 10.5. The molecule has 1 N–H and O–H groups in total. The van der Waals surface area contributed by atoms with Crippen LogP contribution >= 0.6 is 0 Å². The minimum Gasteiger partial charge on any atom is -0.496 e. The molecule has 0 aliphatic heterocycles. The average Bonchev–Trinajstić information content (AvgIpc) is 2.28. The lowest BCUT2D eigenvalue weighted by atomic mass is 10.1. The molecule has 1 aromatic rings. The molecule has 1 rings (SSSR count). The van der Waals surface area contributed by atoms with Crippen molar-refractivity contribution in [3.05, 3.63) is 29.3 Å². The number of carbonyl (C=O) groups is 1. The van der Waals surface area contributed by atoms with Crippen molar-refractivity contribution in [2.24, 2.45) is 0 Å². The third kappa shape index (κ3) is 4.73. The molecule has 0 radical (unpaired) electrons. The van der Waals surface area contributed by atoms with Crippen molar-refractivity contribution in [2.75, 3.05) is 27.8 Å². The SMILES string of the molecule is COc1ccc(COCC(=O)NN(C)C)cc1C. The van der Waals surface area contributed by atoms with Gasteiger partial charge >= 0.3 is 0 Å². The van der Waals surface area contributed by atoms with Gasteiger partial charge in [-0.3, -0.25) is 10.2 Å². The molecule has 100 valence electrons. The zero-order valence-electron chi connectivity index (χ0n) is 11.3. The number of methoxy groups -OCH3 is 1. The van der Waals surface area contributed by atoms with Crippen LogP contribution in [0.4, 0.5) is 0 Å². The Kier molecular flexibility index (Phi) is 5.61. The van der Waals surface area contributed by atoms with E-state index in [4.69, 9.17) is 9.47 Å². The number of rotatable bonds is 6. The summed E-state index contributed by atoms with van der Waals surface area (Å²) in [7, 11) is 5.15. The van der Waals surface area contributed by atoms with E-state index in [0.717, 1.165) is 16.9 Å². The van der Waals surface area contributed by atoms with Crippen molar-refractivity contribution >= 4 is 5.91 Å². The van der Waals surface area contributed by atoms with Gasteiger partial charge in [0.1, 0.15) is 12.4 Å². The molecule has 0 fully saturated rings. The van der Waals surface area contributed by atoms with E-state index in [9.17, 15) is 4.79 Å². The minimum atomic E-state index is -0.162. The zero-order valence-corrected chi connectivity index (χ0v) is 11.3. The van der Waals surface area contributed by atoms with Gasteiger partial charge in [0.15, 0.2) is 0 Å². The topological polar surface area (TPSA) is 50.8 Å². The van der Waals surface area contributed by atoms with Crippen molar-refractivity contribution < 1.29 is 14.3 Å². The number of hydrazine groups is 1. The molecule has 1 aromatic carbocycles. The quantitative estimate of drug-likeness (QED) is 0.771. The van der Waals surface area contributed by atoms with Crippen LogP contribution in [0.1, 0.15) is 11.1 Å².